The second-order valence-corrected chi connectivity index (χ2v) is 20.2. The monoisotopic (exact) mass is 888 g/mol. The minimum atomic E-state index is -0.199. The highest BCUT2D eigenvalue weighted by atomic mass is 16.5. The van der Waals surface area contributed by atoms with Crippen LogP contribution in [0.4, 0.5) is 5.69 Å². The second-order valence-electron chi connectivity index (χ2n) is 20.2. The van der Waals surface area contributed by atoms with Crippen LogP contribution in [0.25, 0.3) is 5.57 Å². The number of ether oxygens (including phenoxy) is 1. The average Bonchev–Trinajstić information content (AvgIpc) is 3.97. The Morgan fingerprint density at radius 3 is 2.44 bits per heavy atom. The number of fused-ring (bicyclic) bond motifs is 6. The Hall–Kier alpha value is -6.72. The third kappa shape index (κ3) is 7.55. The number of hydrogen-bond acceptors (Lipinski definition) is 5. The van der Waals surface area contributed by atoms with E-state index >= 15 is 0 Å². The standard InChI is InChI=1S/C63H60N4O/c1-6-18-41(19-7-1)47-36-48(42-20-8-2-9-21-42)38-49(37-47)45-30-32-51(53(39-45)63-65-61(43-22-10-3-11-23-43)64-62(66-63)44-24-12-4-13-25-44)46-31-34-57-54(40-46)60-58(68-57)35-33-56-59(60)52-28-16-17-29-55(52)67(56)50-26-14-5-15-27-50/h1,3,5-8,10-12,14-18,20-24,26-27,29,31,34,37-41,44,48,52,58,60,62H,2,4,9,13,19,25,28,30,32-33,35-36H2,(H,64,65,66). The first-order valence-electron chi connectivity index (χ1n) is 25.7. The van der Waals surface area contributed by atoms with Crippen LogP contribution in [0.5, 0.6) is 5.75 Å². The molecule has 0 fully saturated rings. The molecule has 3 aromatic rings. The summed E-state index contributed by atoms with van der Waals surface area (Å²) in [6, 6.07) is 28.8. The van der Waals surface area contributed by atoms with Crippen LogP contribution in [-0.2, 0) is 0 Å². The van der Waals surface area contributed by atoms with Crippen molar-refractivity contribution in [2.75, 3.05) is 4.90 Å². The van der Waals surface area contributed by atoms with Crippen LogP contribution in [0.3, 0.4) is 0 Å². The number of benzene rings is 3. The Morgan fingerprint density at radius 1 is 0.721 bits per heavy atom. The molecule has 0 aromatic heterocycles. The molecular weight excluding hydrogens is 829 g/mol. The number of rotatable bonds is 8. The summed E-state index contributed by atoms with van der Waals surface area (Å²) < 4.78 is 6.98. The molecule has 10 aliphatic rings. The lowest BCUT2D eigenvalue weighted by Crippen LogP contribution is -2.40. The van der Waals surface area contributed by atoms with Crippen molar-refractivity contribution in [2.45, 2.75) is 95.2 Å². The molecule has 68 heavy (non-hydrogen) atoms. The van der Waals surface area contributed by atoms with Crippen molar-refractivity contribution in [3.63, 3.8) is 0 Å². The van der Waals surface area contributed by atoms with Crippen LogP contribution in [0.1, 0.15) is 99.7 Å². The maximum Gasteiger partial charge on any atom is 0.150 e. The molecule has 7 aliphatic carbocycles. The molecule has 0 bridgehead atoms. The first-order chi connectivity index (χ1) is 33.7. The molecule has 3 heterocycles. The van der Waals surface area contributed by atoms with E-state index in [1.54, 1.807) is 11.1 Å². The molecule has 0 amide bonds. The Morgan fingerprint density at radius 2 is 1.60 bits per heavy atom. The van der Waals surface area contributed by atoms with Gasteiger partial charge < -0.3 is 15.0 Å². The van der Waals surface area contributed by atoms with Crippen molar-refractivity contribution < 1.29 is 4.74 Å². The first kappa shape index (κ1) is 41.5. The Bertz CT molecular complexity index is 2990. The number of anilines is 1. The lowest BCUT2D eigenvalue weighted by Gasteiger charge is -2.32. The molecule has 13 rings (SSSR count). The van der Waals surface area contributed by atoms with Gasteiger partial charge in [-0.2, -0.15) is 0 Å². The van der Waals surface area contributed by atoms with Crippen LogP contribution in [0.2, 0.25) is 0 Å². The van der Waals surface area contributed by atoms with Gasteiger partial charge in [0.05, 0.1) is 0 Å². The molecule has 0 saturated heterocycles. The molecule has 7 atom stereocenters. The number of amidine groups is 2. The van der Waals surface area contributed by atoms with Gasteiger partial charge in [-0.25, -0.2) is 9.98 Å². The Balaban J connectivity index is 0.954. The van der Waals surface area contributed by atoms with Crippen molar-refractivity contribution >= 4 is 22.9 Å². The van der Waals surface area contributed by atoms with Gasteiger partial charge in [0, 0.05) is 63.4 Å². The highest BCUT2D eigenvalue weighted by molar-refractivity contribution is 6.19. The van der Waals surface area contributed by atoms with Gasteiger partial charge >= 0.3 is 0 Å². The maximum absolute atomic E-state index is 6.98. The fourth-order valence-corrected chi connectivity index (χ4v) is 12.9. The minimum Gasteiger partial charge on any atom is -0.489 e. The van der Waals surface area contributed by atoms with Gasteiger partial charge in [-0.15, -0.1) is 0 Å². The van der Waals surface area contributed by atoms with E-state index in [0.717, 1.165) is 93.6 Å². The number of aliphatic imine (C=N–C) groups is 2. The summed E-state index contributed by atoms with van der Waals surface area (Å²) in [5.74, 6) is 4.50. The first-order valence-corrected chi connectivity index (χ1v) is 25.7. The predicted molar refractivity (Wildman–Crippen MR) is 279 cm³/mol. The van der Waals surface area contributed by atoms with E-state index in [0.29, 0.717) is 17.8 Å². The third-order valence-electron chi connectivity index (χ3n) is 16.2. The van der Waals surface area contributed by atoms with Crippen molar-refractivity contribution in [2.24, 2.45) is 33.7 Å². The SMILES string of the molecule is C1=CCC(C2=CC(C3=CC(C4=NC(C5C=CCCC5)N=C(c5ccccc5)N4)=C(c4ccc5c(c4)C4C6=C(CCC4O5)N(c4ccccc4)C4=CC=CCC46)CC3)=CC(C3=CCCC=C3)C2)C=C1. The van der Waals surface area contributed by atoms with Gasteiger partial charge in [0.25, 0.3) is 0 Å². The highest BCUT2D eigenvalue weighted by Gasteiger charge is 2.49. The van der Waals surface area contributed by atoms with Gasteiger partial charge in [0.1, 0.15) is 23.5 Å². The predicted octanol–water partition coefficient (Wildman–Crippen LogP) is 14.4. The topological polar surface area (TPSA) is 49.2 Å². The highest BCUT2D eigenvalue weighted by Crippen LogP contribution is 2.58. The molecule has 3 aromatic carbocycles. The largest absolute Gasteiger partial charge is 0.489 e. The van der Waals surface area contributed by atoms with Gasteiger partial charge in [0.2, 0.25) is 0 Å². The van der Waals surface area contributed by atoms with E-state index in [1.165, 1.54) is 62.5 Å². The summed E-state index contributed by atoms with van der Waals surface area (Å²) in [6.07, 6.45) is 48.5. The third-order valence-corrected chi connectivity index (χ3v) is 16.2. The molecule has 0 spiro atoms. The van der Waals surface area contributed by atoms with Gasteiger partial charge in [0.15, 0.2) is 6.17 Å². The van der Waals surface area contributed by atoms with Gasteiger partial charge in [-0.05, 0) is 147 Å². The molecule has 3 aliphatic heterocycles. The van der Waals surface area contributed by atoms with Crippen LogP contribution in [0.15, 0.2) is 225 Å². The lowest BCUT2D eigenvalue weighted by atomic mass is 9.73. The van der Waals surface area contributed by atoms with E-state index in [4.69, 9.17) is 14.7 Å². The van der Waals surface area contributed by atoms with Crippen molar-refractivity contribution in [3.8, 4) is 5.75 Å². The zero-order valence-electron chi connectivity index (χ0n) is 38.9. The summed E-state index contributed by atoms with van der Waals surface area (Å²) in [4.78, 5) is 13.6. The molecule has 1 N–H and O–H groups in total. The Labute approximate surface area is 402 Å². The summed E-state index contributed by atoms with van der Waals surface area (Å²) in [5, 5.41) is 3.89. The van der Waals surface area contributed by atoms with Gasteiger partial charge in [-0.3, -0.25) is 0 Å². The number of nitrogens with one attached hydrogen (secondary N) is 1. The van der Waals surface area contributed by atoms with Crippen LogP contribution in [0, 0.1) is 23.7 Å². The second kappa shape index (κ2) is 17.7. The summed E-state index contributed by atoms with van der Waals surface area (Å²) in [7, 11) is 0. The maximum atomic E-state index is 6.98. The smallest absolute Gasteiger partial charge is 0.150 e. The van der Waals surface area contributed by atoms with E-state index in [-0.39, 0.29) is 24.1 Å². The quantitative estimate of drug-likeness (QED) is 0.229. The Kier molecular flexibility index (Phi) is 10.8. The van der Waals surface area contributed by atoms with Crippen LogP contribution < -0.4 is 15.0 Å². The van der Waals surface area contributed by atoms with Gasteiger partial charge in [-0.1, -0.05) is 139 Å². The zero-order chi connectivity index (χ0) is 45.0. The number of allylic oxidation sites excluding steroid dienone is 20. The number of para-hydroxylation sites is 1. The lowest BCUT2D eigenvalue weighted by molar-refractivity contribution is 0.195. The fourth-order valence-electron chi connectivity index (χ4n) is 12.9. The molecule has 0 saturated carbocycles. The summed E-state index contributed by atoms with van der Waals surface area (Å²) in [6.45, 7) is 0. The number of nitrogens with zero attached hydrogens (tertiary/aromatic N) is 3. The summed E-state index contributed by atoms with van der Waals surface area (Å²) >= 11 is 0. The van der Waals surface area contributed by atoms with Crippen molar-refractivity contribution in [1.82, 2.24) is 5.32 Å². The molecule has 7 unspecified atom stereocenters. The van der Waals surface area contributed by atoms with E-state index in [9.17, 15) is 0 Å². The number of hydrogen-bond donors (Lipinski definition) is 1. The zero-order valence-corrected chi connectivity index (χ0v) is 38.9. The minimum absolute atomic E-state index is 0.141. The van der Waals surface area contributed by atoms with Crippen molar-refractivity contribution in [1.29, 1.82) is 0 Å². The molecule has 338 valence electrons. The molecule has 5 nitrogen and oxygen atoms in total. The van der Waals surface area contributed by atoms with E-state index in [1.807, 2.05) is 0 Å². The van der Waals surface area contributed by atoms with E-state index in [2.05, 4.69) is 180 Å². The molecule has 0 radical (unpaired) electrons. The van der Waals surface area contributed by atoms with Crippen molar-refractivity contribution in [3.05, 3.63) is 232 Å². The molecular formula is C63H60N4O. The normalized spacial score (nSPS) is 29.0. The average molecular weight is 889 g/mol. The molecule has 5 heteroatoms. The fraction of sp³-hybridized carbons (Fsp3) is 0.302. The van der Waals surface area contributed by atoms with E-state index < -0.39 is 0 Å². The summed E-state index contributed by atoms with van der Waals surface area (Å²) in [5.41, 5.74) is 17.7. The van der Waals surface area contributed by atoms with Crippen LogP contribution in [-0.4, -0.2) is 23.9 Å². The van der Waals surface area contributed by atoms with Crippen LogP contribution >= 0.6 is 0 Å².